The van der Waals surface area contributed by atoms with Gasteiger partial charge < -0.3 is 10.1 Å². The fraction of sp³-hybridized carbons (Fsp3) is 0.316. The molecule has 0 aliphatic carbocycles. The first kappa shape index (κ1) is 20.2. The molecule has 0 aliphatic rings. The van der Waals surface area contributed by atoms with Gasteiger partial charge in [-0.15, -0.1) is 28.3 Å². The minimum absolute atomic E-state index is 0.490. The van der Waals surface area contributed by atoms with Gasteiger partial charge in [0.1, 0.15) is 0 Å². The minimum atomic E-state index is 0.490. The maximum Gasteiger partial charge on any atom is 0.0948 e. The normalized spacial score (nSPS) is 11.9. The van der Waals surface area contributed by atoms with Crippen molar-refractivity contribution in [2.24, 2.45) is 15.4 Å². The van der Waals surface area contributed by atoms with Crippen LogP contribution in [0.25, 0.3) is 0 Å². The summed E-state index contributed by atoms with van der Waals surface area (Å²) < 4.78 is 0. The van der Waals surface area contributed by atoms with Crippen molar-refractivity contribution in [2.45, 2.75) is 13.8 Å². The van der Waals surface area contributed by atoms with Gasteiger partial charge in [0.25, 0.3) is 0 Å². The lowest BCUT2D eigenvalue weighted by atomic mass is 10.1. The molecule has 0 heterocycles. The van der Waals surface area contributed by atoms with Crippen LogP contribution in [0.15, 0.2) is 57.8 Å². The average Bonchev–Trinajstić information content (AvgIpc) is 2.66. The summed E-state index contributed by atoms with van der Waals surface area (Å²) in [6.45, 7) is 5.18. The van der Waals surface area contributed by atoms with Gasteiger partial charge in [0, 0.05) is 36.1 Å². The molecule has 0 unspecified atom stereocenters. The first-order chi connectivity index (χ1) is 12.6. The molecule has 26 heavy (non-hydrogen) atoms. The zero-order valence-electron chi connectivity index (χ0n) is 14.9. The Morgan fingerprint density at radius 1 is 1.00 bits per heavy atom. The smallest absolute Gasteiger partial charge is 0.0948 e. The third kappa shape index (κ3) is 5.19. The van der Waals surface area contributed by atoms with Crippen LogP contribution in [0.1, 0.15) is 18.1 Å². The molecule has 0 bridgehead atoms. The van der Waals surface area contributed by atoms with Crippen LogP contribution >= 0.6 is 23.2 Å². The number of anilines is 1. The Morgan fingerprint density at radius 2 is 1.65 bits per heavy atom. The zero-order chi connectivity index (χ0) is 18.9. The van der Waals surface area contributed by atoms with E-state index in [1.807, 2.05) is 43.3 Å². The van der Waals surface area contributed by atoms with E-state index in [1.165, 1.54) is 0 Å². The largest absolute Gasteiger partial charge is 0.411 e. The van der Waals surface area contributed by atoms with Crippen LogP contribution in [0, 0.1) is 6.92 Å². The predicted molar refractivity (Wildman–Crippen MR) is 109 cm³/mol. The first-order valence-corrected chi connectivity index (χ1v) is 9.35. The molecule has 5 nitrogen and oxygen atoms in total. The summed E-state index contributed by atoms with van der Waals surface area (Å²) in [5.74, 6) is 1.08. The number of hydrogen-bond donors (Lipinski definition) is 1. The summed E-state index contributed by atoms with van der Waals surface area (Å²) in [6.07, 6.45) is 0. The van der Waals surface area contributed by atoms with Gasteiger partial charge in [0.2, 0.25) is 0 Å². The number of aryl methyl sites for hydroxylation is 1. The number of halogens is 2. The van der Waals surface area contributed by atoms with Crippen LogP contribution in [0.2, 0.25) is 0 Å². The van der Waals surface area contributed by atoms with Crippen molar-refractivity contribution in [1.29, 1.82) is 0 Å². The molecule has 0 atom stereocenters. The Morgan fingerprint density at radius 3 is 2.27 bits per heavy atom. The molecule has 0 aromatic heterocycles. The quantitative estimate of drug-likeness (QED) is 0.200. The van der Waals surface area contributed by atoms with E-state index in [0.29, 0.717) is 23.2 Å². The Kier molecular flexibility index (Phi) is 7.88. The van der Waals surface area contributed by atoms with E-state index in [1.54, 1.807) is 6.92 Å². The molecule has 2 rings (SSSR count). The third-order valence-electron chi connectivity index (χ3n) is 3.96. The fourth-order valence-corrected chi connectivity index (χ4v) is 2.96. The summed E-state index contributed by atoms with van der Waals surface area (Å²) in [6, 6.07) is 13.4. The number of oxime groups is 1. The topological polar surface area (TPSA) is 60.6 Å². The van der Waals surface area contributed by atoms with Gasteiger partial charge in [-0.05, 0) is 43.7 Å². The van der Waals surface area contributed by atoms with Crippen LogP contribution in [0.4, 0.5) is 17.1 Å². The highest BCUT2D eigenvalue weighted by atomic mass is 35.5. The highest BCUT2D eigenvalue weighted by Crippen LogP contribution is 2.28. The number of benzene rings is 2. The molecule has 0 amide bonds. The van der Waals surface area contributed by atoms with Crippen LogP contribution in [-0.2, 0) is 0 Å². The number of azo groups is 1. The van der Waals surface area contributed by atoms with Crippen LogP contribution in [0.5, 0.6) is 0 Å². The number of alkyl halides is 2. The van der Waals surface area contributed by atoms with E-state index >= 15 is 0 Å². The van der Waals surface area contributed by atoms with Crippen molar-refractivity contribution in [2.75, 3.05) is 29.7 Å². The standard InChI is InChI=1S/C19H22Cl2N4O/c1-14-13-16(25(11-9-20)12-10-21)7-8-18(14)22-23-19-6-4-3-5-17(19)15(2)24-26/h3-8,13,26H,9-12H2,1-2H3. The SMILES string of the molecule is CC(=NO)c1ccccc1N=Nc1ccc(N(CCCl)CCCl)cc1C. The molecular weight excluding hydrogens is 371 g/mol. The van der Waals surface area contributed by atoms with Gasteiger partial charge in [-0.2, -0.15) is 5.11 Å². The summed E-state index contributed by atoms with van der Waals surface area (Å²) >= 11 is 11.8. The number of rotatable bonds is 8. The summed E-state index contributed by atoms with van der Waals surface area (Å²) in [7, 11) is 0. The monoisotopic (exact) mass is 392 g/mol. The average molecular weight is 393 g/mol. The van der Waals surface area contributed by atoms with Crippen LogP contribution in [-0.4, -0.2) is 35.8 Å². The molecule has 0 spiro atoms. The van der Waals surface area contributed by atoms with Crippen molar-refractivity contribution >= 4 is 46.0 Å². The lowest BCUT2D eigenvalue weighted by Crippen LogP contribution is -2.27. The molecule has 2 aromatic rings. The van der Waals surface area contributed by atoms with Gasteiger partial charge in [0.05, 0.1) is 17.1 Å². The van der Waals surface area contributed by atoms with Crippen molar-refractivity contribution in [3.8, 4) is 0 Å². The highest BCUT2D eigenvalue weighted by molar-refractivity contribution is 6.18. The van der Waals surface area contributed by atoms with Crippen molar-refractivity contribution in [3.05, 3.63) is 53.6 Å². The fourth-order valence-electron chi connectivity index (χ4n) is 2.55. The van der Waals surface area contributed by atoms with E-state index < -0.39 is 0 Å². The van der Waals surface area contributed by atoms with E-state index in [-0.39, 0.29) is 0 Å². The lowest BCUT2D eigenvalue weighted by molar-refractivity contribution is 0.319. The second-order valence-corrected chi connectivity index (χ2v) is 6.49. The number of nitrogens with zero attached hydrogens (tertiary/aromatic N) is 4. The van der Waals surface area contributed by atoms with E-state index in [9.17, 15) is 0 Å². The minimum Gasteiger partial charge on any atom is -0.411 e. The molecule has 0 radical (unpaired) electrons. The van der Waals surface area contributed by atoms with Crippen LogP contribution < -0.4 is 4.90 Å². The van der Waals surface area contributed by atoms with Crippen molar-refractivity contribution in [3.63, 3.8) is 0 Å². The second kappa shape index (κ2) is 10.1. The van der Waals surface area contributed by atoms with E-state index in [0.717, 1.165) is 35.6 Å². The Bertz CT molecular complexity index is 787. The van der Waals surface area contributed by atoms with E-state index in [2.05, 4.69) is 26.4 Å². The Labute approximate surface area is 163 Å². The molecule has 2 aromatic carbocycles. The molecule has 0 fully saturated rings. The number of hydrogen-bond acceptors (Lipinski definition) is 5. The Balaban J connectivity index is 2.27. The maximum atomic E-state index is 9.00. The second-order valence-electron chi connectivity index (χ2n) is 5.74. The molecule has 0 saturated heterocycles. The van der Waals surface area contributed by atoms with Gasteiger partial charge in [-0.1, -0.05) is 23.4 Å². The van der Waals surface area contributed by atoms with Gasteiger partial charge in [-0.25, -0.2) is 0 Å². The molecular formula is C19H22Cl2N4O. The first-order valence-electron chi connectivity index (χ1n) is 8.28. The summed E-state index contributed by atoms with van der Waals surface area (Å²) in [5.41, 5.74) is 4.72. The van der Waals surface area contributed by atoms with Gasteiger partial charge in [0.15, 0.2) is 0 Å². The lowest BCUT2D eigenvalue weighted by Gasteiger charge is -2.23. The highest BCUT2D eigenvalue weighted by Gasteiger charge is 2.08. The zero-order valence-corrected chi connectivity index (χ0v) is 16.4. The van der Waals surface area contributed by atoms with Gasteiger partial charge in [-0.3, -0.25) is 0 Å². The van der Waals surface area contributed by atoms with Crippen molar-refractivity contribution < 1.29 is 5.21 Å². The van der Waals surface area contributed by atoms with E-state index in [4.69, 9.17) is 28.4 Å². The Hall–Kier alpha value is -2.11. The van der Waals surface area contributed by atoms with Gasteiger partial charge >= 0.3 is 0 Å². The molecule has 0 aliphatic heterocycles. The molecule has 1 N–H and O–H groups in total. The molecule has 0 saturated carbocycles. The molecule has 138 valence electrons. The summed E-state index contributed by atoms with van der Waals surface area (Å²) in [5, 5.41) is 20.9. The predicted octanol–water partition coefficient (Wildman–Crippen LogP) is 5.89. The van der Waals surface area contributed by atoms with Crippen LogP contribution in [0.3, 0.4) is 0 Å². The summed E-state index contributed by atoms with van der Waals surface area (Å²) in [4.78, 5) is 2.14. The van der Waals surface area contributed by atoms with Crippen molar-refractivity contribution in [1.82, 2.24) is 0 Å². The third-order valence-corrected chi connectivity index (χ3v) is 4.30. The molecule has 7 heteroatoms. The maximum absolute atomic E-state index is 9.00.